The molecule has 0 unspecified atom stereocenters. The van der Waals surface area contributed by atoms with Crippen LogP contribution in [0.5, 0.6) is 0 Å². The summed E-state index contributed by atoms with van der Waals surface area (Å²) in [6, 6.07) is 8.47. The quantitative estimate of drug-likeness (QED) is 0.588. The zero-order chi connectivity index (χ0) is 10.9. The molecule has 1 aromatic rings. The van der Waals surface area contributed by atoms with Crippen LogP contribution in [0.4, 0.5) is 0 Å². The second-order valence-electron chi connectivity index (χ2n) is 3.60. The van der Waals surface area contributed by atoms with Crippen LogP contribution in [0.1, 0.15) is 37.3 Å². The number of benzene rings is 1. The summed E-state index contributed by atoms with van der Waals surface area (Å²) in [5.41, 5.74) is 7.88. The molecule has 0 atom stereocenters. The van der Waals surface area contributed by atoms with Gasteiger partial charge in [0.2, 0.25) is 0 Å². The minimum atomic E-state index is 0.771. The number of hydrogen-bond donors (Lipinski definition) is 1. The molecule has 2 N–H and O–H groups in total. The van der Waals surface area contributed by atoms with Crippen LogP contribution in [0.15, 0.2) is 24.3 Å². The highest BCUT2D eigenvalue weighted by molar-refractivity contribution is 5.36. The molecule has 0 heterocycles. The molecule has 0 saturated carbocycles. The Morgan fingerprint density at radius 3 is 2.47 bits per heavy atom. The van der Waals surface area contributed by atoms with Crippen molar-refractivity contribution in [3.8, 4) is 11.8 Å². The second kappa shape index (κ2) is 7.09. The van der Waals surface area contributed by atoms with Crippen molar-refractivity contribution in [2.45, 2.75) is 32.6 Å². The monoisotopic (exact) mass is 201 g/mol. The normalized spacial score (nSPS) is 9.47. The summed E-state index contributed by atoms with van der Waals surface area (Å²) < 4.78 is 0. The standard InChI is InChI=1S/C14H19N/c1-2-13-8-10-14(11-9-13)7-5-3-4-6-12-15/h8-11H,2-4,6,12,15H2,1H3. The predicted octanol–water partition coefficient (Wildman–Crippen LogP) is 2.73. The third-order valence-corrected chi connectivity index (χ3v) is 2.35. The molecule has 0 aliphatic carbocycles. The van der Waals surface area contributed by atoms with Crippen molar-refractivity contribution in [1.82, 2.24) is 0 Å². The largest absolute Gasteiger partial charge is 0.330 e. The van der Waals surface area contributed by atoms with Crippen molar-refractivity contribution < 1.29 is 0 Å². The van der Waals surface area contributed by atoms with Crippen LogP contribution < -0.4 is 5.73 Å². The summed E-state index contributed by atoms with van der Waals surface area (Å²) in [5, 5.41) is 0. The van der Waals surface area contributed by atoms with Gasteiger partial charge >= 0.3 is 0 Å². The molecular formula is C14H19N. The molecule has 1 heteroatoms. The predicted molar refractivity (Wildman–Crippen MR) is 65.6 cm³/mol. The van der Waals surface area contributed by atoms with Crippen molar-refractivity contribution in [3.05, 3.63) is 35.4 Å². The maximum absolute atomic E-state index is 5.41. The lowest BCUT2D eigenvalue weighted by molar-refractivity contribution is 0.768. The van der Waals surface area contributed by atoms with E-state index in [-0.39, 0.29) is 0 Å². The van der Waals surface area contributed by atoms with Gasteiger partial charge in [0.25, 0.3) is 0 Å². The zero-order valence-corrected chi connectivity index (χ0v) is 9.42. The molecule has 0 spiro atoms. The number of aryl methyl sites for hydroxylation is 1. The molecule has 0 aliphatic heterocycles. The molecular weight excluding hydrogens is 182 g/mol. The minimum absolute atomic E-state index is 0.771. The first-order chi connectivity index (χ1) is 7.36. The van der Waals surface area contributed by atoms with Crippen LogP contribution in [0.2, 0.25) is 0 Å². The average molecular weight is 201 g/mol. The van der Waals surface area contributed by atoms with Gasteiger partial charge in [0, 0.05) is 12.0 Å². The van der Waals surface area contributed by atoms with E-state index in [9.17, 15) is 0 Å². The van der Waals surface area contributed by atoms with E-state index in [1.165, 1.54) is 5.56 Å². The Kier molecular flexibility index (Phi) is 5.58. The average Bonchev–Trinajstić information content (AvgIpc) is 2.30. The lowest BCUT2D eigenvalue weighted by atomic mass is 10.1. The topological polar surface area (TPSA) is 26.0 Å². The highest BCUT2D eigenvalue weighted by atomic mass is 14.5. The Bertz CT molecular complexity index is 327. The minimum Gasteiger partial charge on any atom is -0.330 e. The maximum atomic E-state index is 5.41. The van der Waals surface area contributed by atoms with Gasteiger partial charge in [-0.1, -0.05) is 30.9 Å². The molecule has 15 heavy (non-hydrogen) atoms. The lowest BCUT2D eigenvalue weighted by Gasteiger charge is -1.95. The maximum Gasteiger partial charge on any atom is 0.0245 e. The molecule has 0 amide bonds. The fourth-order valence-corrected chi connectivity index (χ4v) is 1.35. The fraction of sp³-hybridized carbons (Fsp3) is 0.429. The summed E-state index contributed by atoms with van der Waals surface area (Å²) in [6.07, 6.45) is 4.22. The van der Waals surface area contributed by atoms with Crippen LogP contribution >= 0.6 is 0 Å². The Morgan fingerprint density at radius 2 is 1.87 bits per heavy atom. The Balaban J connectivity index is 2.42. The van der Waals surface area contributed by atoms with E-state index < -0.39 is 0 Å². The Morgan fingerprint density at radius 1 is 1.13 bits per heavy atom. The van der Waals surface area contributed by atoms with Crippen molar-refractivity contribution in [2.24, 2.45) is 5.73 Å². The highest BCUT2D eigenvalue weighted by Gasteiger charge is 1.88. The Labute approximate surface area is 92.7 Å². The molecule has 0 aromatic heterocycles. The summed E-state index contributed by atoms with van der Waals surface area (Å²) in [6.45, 7) is 2.93. The van der Waals surface area contributed by atoms with Gasteiger partial charge in [-0.3, -0.25) is 0 Å². The molecule has 0 bridgehead atoms. The van der Waals surface area contributed by atoms with E-state index in [0.29, 0.717) is 0 Å². The van der Waals surface area contributed by atoms with Crippen molar-refractivity contribution in [2.75, 3.05) is 6.54 Å². The number of nitrogens with two attached hydrogens (primary N) is 1. The van der Waals surface area contributed by atoms with E-state index >= 15 is 0 Å². The van der Waals surface area contributed by atoms with Crippen molar-refractivity contribution in [1.29, 1.82) is 0 Å². The van der Waals surface area contributed by atoms with Gasteiger partial charge in [0.1, 0.15) is 0 Å². The van der Waals surface area contributed by atoms with Crippen molar-refractivity contribution in [3.63, 3.8) is 0 Å². The van der Waals surface area contributed by atoms with Gasteiger partial charge in [-0.15, -0.1) is 0 Å². The molecule has 1 aromatic carbocycles. The third kappa shape index (κ3) is 4.67. The van der Waals surface area contributed by atoms with Crippen LogP contribution in [-0.4, -0.2) is 6.54 Å². The van der Waals surface area contributed by atoms with E-state index in [2.05, 4.69) is 43.0 Å². The fourth-order valence-electron chi connectivity index (χ4n) is 1.35. The van der Waals surface area contributed by atoms with Gasteiger partial charge in [-0.2, -0.15) is 0 Å². The van der Waals surface area contributed by atoms with Gasteiger partial charge in [-0.05, 0) is 43.5 Å². The molecule has 0 aliphatic rings. The van der Waals surface area contributed by atoms with Crippen LogP contribution in [0.3, 0.4) is 0 Å². The first-order valence-electron chi connectivity index (χ1n) is 5.64. The number of unbranched alkanes of at least 4 members (excludes halogenated alkanes) is 2. The number of hydrogen-bond acceptors (Lipinski definition) is 1. The molecule has 1 nitrogen and oxygen atoms in total. The second-order valence-corrected chi connectivity index (χ2v) is 3.60. The first-order valence-corrected chi connectivity index (χ1v) is 5.64. The Hall–Kier alpha value is -1.26. The van der Waals surface area contributed by atoms with Gasteiger partial charge in [0.15, 0.2) is 0 Å². The molecule has 0 radical (unpaired) electrons. The van der Waals surface area contributed by atoms with E-state index in [0.717, 1.165) is 37.8 Å². The van der Waals surface area contributed by atoms with Gasteiger partial charge in [-0.25, -0.2) is 0 Å². The van der Waals surface area contributed by atoms with Gasteiger partial charge < -0.3 is 5.73 Å². The van der Waals surface area contributed by atoms with E-state index in [1.54, 1.807) is 0 Å². The van der Waals surface area contributed by atoms with Crippen molar-refractivity contribution >= 4 is 0 Å². The summed E-state index contributed by atoms with van der Waals surface area (Å²) in [4.78, 5) is 0. The number of rotatable bonds is 4. The van der Waals surface area contributed by atoms with E-state index in [4.69, 9.17) is 5.73 Å². The van der Waals surface area contributed by atoms with Crippen LogP contribution in [0.25, 0.3) is 0 Å². The summed E-state index contributed by atoms with van der Waals surface area (Å²) in [5.74, 6) is 6.33. The smallest absolute Gasteiger partial charge is 0.0245 e. The van der Waals surface area contributed by atoms with Gasteiger partial charge in [0.05, 0.1) is 0 Å². The summed E-state index contributed by atoms with van der Waals surface area (Å²) >= 11 is 0. The zero-order valence-electron chi connectivity index (χ0n) is 9.42. The molecule has 0 fully saturated rings. The van der Waals surface area contributed by atoms with Crippen LogP contribution in [-0.2, 0) is 6.42 Å². The molecule has 80 valence electrons. The SMILES string of the molecule is CCc1ccc(C#CCCCCN)cc1. The molecule has 1 rings (SSSR count). The lowest BCUT2D eigenvalue weighted by Crippen LogP contribution is -1.96. The first kappa shape index (κ1) is 11.8. The summed E-state index contributed by atoms with van der Waals surface area (Å²) in [7, 11) is 0. The third-order valence-electron chi connectivity index (χ3n) is 2.35. The van der Waals surface area contributed by atoms with E-state index in [1.807, 2.05) is 0 Å². The van der Waals surface area contributed by atoms with Crippen LogP contribution in [0, 0.1) is 11.8 Å². The highest BCUT2D eigenvalue weighted by Crippen LogP contribution is 2.03. The molecule has 0 saturated heterocycles.